The molecule has 0 radical (unpaired) electrons. The summed E-state index contributed by atoms with van der Waals surface area (Å²) in [6.07, 6.45) is 6.31. The molecule has 1 rings (SSSR count). The van der Waals surface area contributed by atoms with Crippen LogP contribution in [0.15, 0.2) is 0 Å². The Morgan fingerprint density at radius 3 is 2.64 bits per heavy atom. The summed E-state index contributed by atoms with van der Waals surface area (Å²) >= 11 is 0. The van der Waals surface area contributed by atoms with Gasteiger partial charge in [-0.3, -0.25) is 4.90 Å². The molecule has 2 atom stereocenters. The molecule has 1 saturated heterocycles. The Bertz CT molecular complexity index is 170. The molecule has 84 valence electrons. The highest BCUT2D eigenvalue weighted by atomic mass is 15.2. The van der Waals surface area contributed by atoms with Crippen LogP contribution in [0.3, 0.4) is 0 Å². The first kappa shape index (κ1) is 12.0. The molecule has 14 heavy (non-hydrogen) atoms. The summed E-state index contributed by atoms with van der Waals surface area (Å²) < 4.78 is 0. The molecule has 0 aliphatic carbocycles. The van der Waals surface area contributed by atoms with Crippen LogP contribution in [0.4, 0.5) is 0 Å². The molecule has 1 heterocycles. The maximum absolute atomic E-state index is 6.03. The van der Waals surface area contributed by atoms with Crippen LogP contribution in [0.5, 0.6) is 0 Å². The van der Waals surface area contributed by atoms with Gasteiger partial charge in [-0.1, -0.05) is 20.3 Å². The Morgan fingerprint density at radius 2 is 2.14 bits per heavy atom. The number of hydrogen-bond donors (Lipinski definition) is 1. The summed E-state index contributed by atoms with van der Waals surface area (Å²) in [5.41, 5.74) is 6.43. The van der Waals surface area contributed by atoms with Gasteiger partial charge in [0.25, 0.3) is 0 Å². The van der Waals surface area contributed by atoms with Crippen LogP contribution < -0.4 is 5.73 Å². The molecule has 1 aliphatic rings. The van der Waals surface area contributed by atoms with Gasteiger partial charge in [0.05, 0.1) is 0 Å². The maximum atomic E-state index is 6.03. The predicted octanol–water partition coefficient (Wildman–Crippen LogP) is 2.38. The number of rotatable bonds is 4. The standard InChI is InChI=1S/C12H26N2/c1-4-8-12(3,5-2)14-9-6-7-11(13)10-14/h11H,4-10,13H2,1-3H3/t11-,12?/m1/s1. The molecular weight excluding hydrogens is 172 g/mol. The molecule has 1 aliphatic heterocycles. The number of hydrogen-bond acceptors (Lipinski definition) is 2. The van der Waals surface area contributed by atoms with Gasteiger partial charge in [0, 0.05) is 18.1 Å². The van der Waals surface area contributed by atoms with E-state index in [2.05, 4.69) is 25.7 Å². The van der Waals surface area contributed by atoms with Crippen molar-refractivity contribution >= 4 is 0 Å². The van der Waals surface area contributed by atoms with E-state index in [0.29, 0.717) is 11.6 Å². The largest absolute Gasteiger partial charge is 0.327 e. The second kappa shape index (κ2) is 5.13. The summed E-state index contributed by atoms with van der Waals surface area (Å²) in [7, 11) is 0. The second-order valence-electron chi connectivity index (χ2n) is 4.95. The molecule has 0 aromatic carbocycles. The number of likely N-dealkylation sites (tertiary alicyclic amines) is 1. The Balaban J connectivity index is 2.58. The summed E-state index contributed by atoms with van der Waals surface area (Å²) in [5, 5.41) is 0. The minimum Gasteiger partial charge on any atom is -0.327 e. The van der Waals surface area contributed by atoms with Crippen molar-refractivity contribution in [1.29, 1.82) is 0 Å². The van der Waals surface area contributed by atoms with Crippen molar-refractivity contribution in [2.24, 2.45) is 5.73 Å². The Hall–Kier alpha value is -0.0800. The zero-order valence-electron chi connectivity index (χ0n) is 10.1. The number of nitrogens with zero attached hydrogens (tertiary/aromatic N) is 1. The zero-order chi connectivity index (χ0) is 10.6. The second-order valence-corrected chi connectivity index (χ2v) is 4.95. The smallest absolute Gasteiger partial charge is 0.0179 e. The molecule has 2 nitrogen and oxygen atoms in total. The summed E-state index contributed by atoms with van der Waals surface area (Å²) in [4.78, 5) is 2.62. The fraction of sp³-hybridized carbons (Fsp3) is 1.00. The molecule has 2 N–H and O–H groups in total. The highest BCUT2D eigenvalue weighted by Crippen LogP contribution is 2.27. The van der Waals surface area contributed by atoms with Crippen LogP contribution in [0, 0.1) is 0 Å². The van der Waals surface area contributed by atoms with E-state index < -0.39 is 0 Å². The highest BCUT2D eigenvalue weighted by Gasteiger charge is 2.31. The zero-order valence-corrected chi connectivity index (χ0v) is 10.1. The van der Waals surface area contributed by atoms with Crippen molar-refractivity contribution in [3.8, 4) is 0 Å². The Morgan fingerprint density at radius 1 is 1.43 bits per heavy atom. The first-order valence-corrected chi connectivity index (χ1v) is 6.13. The van der Waals surface area contributed by atoms with Crippen LogP contribution in [0.1, 0.15) is 52.9 Å². The van der Waals surface area contributed by atoms with Gasteiger partial charge in [-0.15, -0.1) is 0 Å². The van der Waals surface area contributed by atoms with E-state index in [-0.39, 0.29) is 0 Å². The van der Waals surface area contributed by atoms with Gasteiger partial charge in [0.15, 0.2) is 0 Å². The first-order valence-electron chi connectivity index (χ1n) is 6.13. The van der Waals surface area contributed by atoms with Crippen molar-refractivity contribution in [3.05, 3.63) is 0 Å². The van der Waals surface area contributed by atoms with Gasteiger partial charge in [-0.2, -0.15) is 0 Å². The van der Waals surface area contributed by atoms with E-state index in [4.69, 9.17) is 5.73 Å². The van der Waals surface area contributed by atoms with Crippen molar-refractivity contribution in [1.82, 2.24) is 4.90 Å². The van der Waals surface area contributed by atoms with Crippen LogP contribution in [0.2, 0.25) is 0 Å². The average molecular weight is 198 g/mol. The minimum atomic E-state index is 0.396. The average Bonchev–Trinajstić information content (AvgIpc) is 2.18. The van der Waals surface area contributed by atoms with Crippen LogP contribution in [-0.2, 0) is 0 Å². The van der Waals surface area contributed by atoms with Crippen molar-refractivity contribution < 1.29 is 0 Å². The van der Waals surface area contributed by atoms with Gasteiger partial charge in [-0.25, -0.2) is 0 Å². The lowest BCUT2D eigenvalue weighted by Gasteiger charge is -2.45. The molecule has 1 fully saturated rings. The Kier molecular flexibility index (Phi) is 4.39. The lowest BCUT2D eigenvalue weighted by atomic mass is 9.88. The third-order valence-corrected chi connectivity index (χ3v) is 3.77. The minimum absolute atomic E-state index is 0.396. The predicted molar refractivity (Wildman–Crippen MR) is 62.4 cm³/mol. The highest BCUT2D eigenvalue weighted by molar-refractivity contribution is 4.89. The van der Waals surface area contributed by atoms with Gasteiger partial charge >= 0.3 is 0 Å². The fourth-order valence-corrected chi connectivity index (χ4v) is 2.60. The van der Waals surface area contributed by atoms with Gasteiger partial charge in [0.1, 0.15) is 0 Å². The SMILES string of the molecule is CCCC(C)(CC)N1CCC[C@@H](N)C1. The molecular formula is C12H26N2. The van der Waals surface area contributed by atoms with Crippen LogP contribution in [0.25, 0.3) is 0 Å². The molecule has 0 saturated carbocycles. The maximum Gasteiger partial charge on any atom is 0.0179 e. The van der Waals surface area contributed by atoms with Gasteiger partial charge < -0.3 is 5.73 Å². The molecule has 2 heteroatoms. The number of piperidine rings is 1. The molecule has 0 bridgehead atoms. The van der Waals surface area contributed by atoms with Gasteiger partial charge in [-0.05, 0) is 39.2 Å². The topological polar surface area (TPSA) is 29.3 Å². The molecule has 0 aromatic heterocycles. The van der Waals surface area contributed by atoms with Gasteiger partial charge in [0.2, 0.25) is 0 Å². The van der Waals surface area contributed by atoms with E-state index in [1.165, 1.54) is 38.6 Å². The third kappa shape index (κ3) is 2.71. The first-order chi connectivity index (χ1) is 6.62. The normalized spacial score (nSPS) is 28.7. The monoisotopic (exact) mass is 198 g/mol. The quantitative estimate of drug-likeness (QED) is 0.751. The van der Waals surface area contributed by atoms with Crippen molar-refractivity contribution in [3.63, 3.8) is 0 Å². The molecule has 1 unspecified atom stereocenters. The van der Waals surface area contributed by atoms with E-state index in [1.807, 2.05) is 0 Å². The molecule has 0 aromatic rings. The van der Waals surface area contributed by atoms with Crippen LogP contribution in [-0.4, -0.2) is 29.6 Å². The van der Waals surface area contributed by atoms with Crippen molar-refractivity contribution in [2.75, 3.05) is 13.1 Å². The Labute approximate surface area is 88.8 Å². The lowest BCUT2D eigenvalue weighted by molar-refractivity contribution is 0.0606. The molecule has 0 amide bonds. The third-order valence-electron chi connectivity index (χ3n) is 3.77. The van der Waals surface area contributed by atoms with E-state index in [1.54, 1.807) is 0 Å². The summed E-state index contributed by atoms with van der Waals surface area (Å²) in [6, 6.07) is 0.409. The summed E-state index contributed by atoms with van der Waals surface area (Å²) in [6.45, 7) is 9.32. The van der Waals surface area contributed by atoms with E-state index in [9.17, 15) is 0 Å². The molecule has 0 spiro atoms. The number of nitrogens with two attached hydrogens (primary N) is 1. The van der Waals surface area contributed by atoms with E-state index >= 15 is 0 Å². The van der Waals surface area contributed by atoms with Crippen LogP contribution >= 0.6 is 0 Å². The fourth-order valence-electron chi connectivity index (χ4n) is 2.60. The van der Waals surface area contributed by atoms with E-state index in [0.717, 1.165) is 6.54 Å². The lowest BCUT2D eigenvalue weighted by Crippen LogP contribution is -2.53. The van der Waals surface area contributed by atoms with Crippen molar-refractivity contribution in [2.45, 2.75) is 64.5 Å². The summed E-state index contributed by atoms with van der Waals surface area (Å²) in [5.74, 6) is 0.